The molecule has 3 rings (SSSR count). The van der Waals surface area contributed by atoms with Gasteiger partial charge in [0.15, 0.2) is 0 Å². The van der Waals surface area contributed by atoms with Crippen LogP contribution < -0.4 is 0 Å². The average Bonchev–Trinajstić information content (AvgIpc) is 2.48. The fraction of sp³-hybridized carbons (Fsp3) is 0.389. The molecule has 0 aromatic heterocycles. The van der Waals surface area contributed by atoms with Gasteiger partial charge in [0.25, 0.3) is 5.91 Å². The zero-order chi connectivity index (χ0) is 14.7. The van der Waals surface area contributed by atoms with Crippen molar-refractivity contribution in [3.8, 4) is 0 Å². The highest BCUT2D eigenvalue weighted by Gasteiger charge is 2.29. The molecule has 1 saturated carbocycles. The molecule has 0 saturated heterocycles. The van der Waals surface area contributed by atoms with Crippen LogP contribution in [0, 0.1) is 0 Å². The Balaban J connectivity index is 1.93. The zero-order valence-electron chi connectivity index (χ0n) is 12.1. The van der Waals surface area contributed by atoms with E-state index in [1.807, 2.05) is 35.2 Å². The topological polar surface area (TPSA) is 20.3 Å². The maximum atomic E-state index is 13.0. The van der Waals surface area contributed by atoms with E-state index in [9.17, 15) is 4.79 Å². The van der Waals surface area contributed by atoms with Gasteiger partial charge >= 0.3 is 0 Å². The van der Waals surface area contributed by atoms with Crippen molar-refractivity contribution in [3.05, 3.63) is 48.0 Å². The largest absolute Gasteiger partial charge is 0.336 e. The van der Waals surface area contributed by atoms with Crippen molar-refractivity contribution < 1.29 is 4.79 Å². The van der Waals surface area contributed by atoms with Gasteiger partial charge in [-0.2, -0.15) is 0 Å². The first-order valence-corrected chi connectivity index (χ1v) is 8.19. The van der Waals surface area contributed by atoms with Crippen molar-refractivity contribution in [2.45, 2.75) is 31.7 Å². The van der Waals surface area contributed by atoms with Crippen LogP contribution in [0.2, 0.25) is 0 Å². The number of alkyl halides is 1. The molecule has 21 heavy (non-hydrogen) atoms. The summed E-state index contributed by atoms with van der Waals surface area (Å²) in [7, 11) is 0. The minimum Gasteiger partial charge on any atom is -0.336 e. The zero-order valence-corrected chi connectivity index (χ0v) is 12.9. The number of benzene rings is 2. The molecule has 0 radical (unpaired) electrons. The summed E-state index contributed by atoms with van der Waals surface area (Å²) in [6.45, 7) is 0.760. The lowest BCUT2D eigenvalue weighted by atomic mass is 9.90. The molecule has 0 spiro atoms. The molecule has 110 valence electrons. The fourth-order valence-corrected chi connectivity index (χ4v) is 3.06. The molecule has 3 heteroatoms. The highest BCUT2D eigenvalue weighted by atomic mass is 35.5. The first-order chi connectivity index (χ1) is 10.3. The molecule has 1 amide bonds. The lowest BCUT2D eigenvalue weighted by Crippen LogP contribution is -2.44. The molecule has 0 unspecified atom stereocenters. The summed E-state index contributed by atoms with van der Waals surface area (Å²) in [5.74, 6) is 0.757. The number of halogens is 1. The number of hydrogen-bond acceptors (Lipinski definition) is 1. The second-order valence-corrected chi connectivity index (χ2v) is 6.03. The fourth-order valence-electron chi connectivity index (χ4n) is 2.95. The van der Waals surface area contributed by atoms with Crippen LogP contribution in [0.1, 0.15) is 36.0 Å². The van der Waals surface area contributed by atoms with E-state index >= 15 is 0 Å². The van der Waals surface area contributed by atoms with Crippen molar-refractivity contribution in [3.63, 3.8) is 0 Å². The molecule has 0 N–H and O–H groups in total. The summed E-state index contributed by atoms with van der Waals surface area (Å²) < 4.78 is 0. The third kappa shape index (κ3) is 2.91. The summed E-state index contributed by atoms with van der Waals surface area (Å²) >= 11 is 5.82. The van der Waals surface area contributed by atoms with Gasteiger partial charge in [-0.1, -0.05) is 36.4 Å². The summed E-state index contributed by atoms with van der Waals surface area (Å²) in [5, 5.41) is 2.16. The van der Waals surface area contributed by atoms with Crippen LogP contribution >= 0.6 is 11.6 Å². The number of amides is 1. The molecule has 1 aliphatic rings. The van der Waals surface area contributed by atoms with E-state index in [0.717, 1.165) is 42.1 Å². The van der Waals surface area contributed by atoms with Gasteiger partial charge in [0.2, 0.25) is 0 Å². The molecule has 1 fully saturated rings. The van der Waals surface area contributed by atoms with Crippen LogP contribution in [-0.4, -0.2) is 29.3 Å². The predicted octanol–water partition coefficient (Wildman–Crippen LogP) is 4.46. The van der Waals surface area contributed by atoms with Gasteiger partial charge in [-0.25, -0.2) is 0 Å². The third-order valence-electron chi connectivity index (χ3n) is 4.33. The molecule has 2 aromatic carbocycles. The van der Waals surface area contributed by atoms with Crippen molar-refractivity contribution in [1.82, 2.24) is 4.90 Å². The molecule has 0 bridgehead atoms. The summed E-state index contributed by atoms with van der Waals surface area (Å²) in [6, 6.07) is 14.5. The van der Waals surface area contributed by atoms with Gasteiger partial charge in [0, 0.05) is 24.0 Å². The summed E-state index contributed by atoms with van der Waals surface area (Å²) in [4.78, 5) is 15.0. The van der Waals surface area contributed by atoms with E-state index in [2.05, 4.69) is 12.1 Å². The van der Waals surface area contributed by atoms with E-state index < -0.39 is 0 Å². The Morgan fingerprint density at radius 1 is 1.14 bits per heavy atom. The van der Waals surface area contributed by atoms with Crippen LogP contribution in [0.25, 0.3) is 10.8 Å². The number of nitrogens with zero attached hydrogens (tertiary/aromatic N) is 1. The second-order valence-electron chi connectivity index (χ2n) is 5.65. The average molecular weight is 302 g/mol. The Morgan fingerprint density at radius 3 is 2.62 bits per heavy atom. The van der Waals surface area contributed by atoms with E-state index in [-0.39, 0.29) is 5.91 Å². The van der Waals surface area contributed by atoms with Crippen LogP contribution in [0.5, 0.6) is 0 Å². The van der Waals surface area contributed by atoms with Gasteiger partial charge in [0.05, 0.1) is 0 Å². The summed E-state index contributed by atoms with van der Waals surface area (Å²) in [6.07, 6.45) is 4.33. The monoisotopic (exact) mass is 301 g/mol. The SMILES string of the molecule is O=C(c1cccc2ccccc12)N(CCCCl)C1CCC1. The number of carbonyl (C=O) groups is 1. The van der Waals surface area contributed by atoms with E-state index in [4.69, 9.17) is 11.6 Å². The maximum Gasteiger partial charge on any atom is 0.254 e. The lowest BCUT2D eigenvalue weighted by molar-refractivity contribution is 0.0583. The Bertz CT molecular complexity index is 631. The Kier molecular flexibility index (Phi) is 4.45. The van der Waals surface area contributed by atoms with Crippen molar-refractivity contribution in [2.75, 3.05) is 12.4 Å². The standard InChI is InChI=1S/C18H20ClNO/c19-12-5-13-20(15-8-4-9-15)18(21)17-11-3-7-14-6-1-2-10-16(14)17/h1-3,6-7,10-11,15H,4-5,8-9,12-13H2. The van der Waals surface area contributed by atoms with Crippen molar-refractivity contribution >= 4 is 28.3 Å². The van der Waals surface area contributed by atoms with Gasteiger partial charge in [-0.3, -0.25) is 4.79 Å². The maximum absolute atomic E-state index is 13.0. The van der Waals surface area contributed by atoms with Crippen LogP contribution in [0.4, 0.5) is 0 Å². The Morgan fingerprint density at radius 2 is 1.90 bits per heavy atom. The first-order valence-electron chi connectivity index (χ1n) is 7.66. The smallest absolute Gasteiger partial charge is 0.254 e. The first kappa shape index (κ1) is 14.4. The number of carbonyl (C=O) groups excluding carboxylic acids is 1. The van der Waals surface area contributed by atoms with Gasteiger partial charge < -0.3 is 4.90 Å². The van der Waals surface area contributed by atoms with E-state index in [1.165, 1.54) is 6.42 Å². The van der Waals surface area contributed by atoms with Gasteiger partial charge in [0.1, 0.15) is 0 Å². The lowest BCUT2D eigenvalue weighted by Gasteiger charge is -2.37. The number of hydrogen-bond donors (Lipinski definition) is 0. The Hall–Kier alpha value is -1.54. The molecule has 0 atom stereocenters. The third-order valence-corrected chi connectivity index (χ3v) is 4.60. The number of rotatable bonds is 5. The predicted molar refractivity (Wildman–Crippen MR) is 88.0 cm³/mol. The quantitative estimate of drug-likeness (QED) is 0.747. The molecule has 2 nitrogen and oxygen atoms in total. The van der Waals surface area contributed by atoms with Gasteiger partial charge in [-0.05, 0) is 42.5 Å². The summed E-state index contributed by atoms with van der Waals surface area (Å²) in [5.41, 5.74) is 0.814. The molecule has 1 aliphatic carbocycles. The minimum absolute atomic E-state index is 0.154. The molecular formula is C18H20ClNO. The number of fused-ring (bicyclic) bond motifs is 1. The normalized spacial score (nSPS) is 14.9. The van der Waals surface area contributed by atoms with E-state index in [0.29, 0.717) is 11.9 Å². The van der Waals surface area contributed by atoms with Crippen molar-refractivity contribution in [1.29, 1.82) is 0 Å². The van der Waals surface area contributed by atoms with Crippen molar-refractivity contribution in [2.24, 2.45) is 0 Å². The molecule has 0 aliphatic heterocycles. The highest BCUT2D eigenvalue weighted by Crippen LogP contribution is 2.28. The van der Waals surface area contributed by atoms with Gasteiger partial charge in [-0.15, -0.1) is 11.6 Å². The minimum atomic E-state index is 0.154. The van der Waals surface area contributed by atoms with Crippen LogP contribution in [0.15, 0.2) is 42.5 Å². The van der Waals surface area contributed by atoms with Crippen LogP contribution in [0.3, 0.4) is 0 Å². The molecule has 0 heterocycles. The Labute approximate surface area is 130 Å². The molecule has 2 aromatic rings. The highest BCUT2D eigenvalue weighted by molar-refractivity contribution is 6.17. The second kappa shape index (κ2) is 6.48. The molecular weight excluding hydrogens is 282 g/mol. The van der Waals surface area contributed by atoms with E-state index in [1.54, 1.807) is 0 Å². The van der Waals surface area contributed by atoms with Crippen LogP contribution in [-0.2, 0) is 0 Å².